The topological polar surface area (TPSA) is 77.9 Å². The fraction of sp³-hybridized carbons (Fsp3) is 0.111. The van der Waals surface area contributed by atoms with Crippen LogP contribution in [0.5, 0.6) is 5.75 Å². The Kier molecular flexibility index (Phi) is 7.69. The number of hydrogen-bond acceptors (Lipinski definition) is 3. The molecule has 3 aromatic carbocycles. The zero-order valence-electron chi connectivity index (χ0n) is 18.1. The first kappa shape index (κ1) is 23.6. The summed E-state index contributed by atoms with van der Waals surface area (Å²) in [6, 6.07) is 22.9. The third-order valence-corrected chi connectivity index (χ3v) is 6.04. The van der Waals surface area contributed by atoms with Crippen molar-refractivity contribution >= 4 is 50.4 Å². The number of carbonyl (C=O) groups is 1. The molecule has 1 heterocycles. The van der Waals surface area contributed by atoms with Crippen LogP contribution in [0.3, 0.4) is 0 Å². The van der Waals surface area contributed by atoms with Crippen molar-refractivity contribution in [3.63, 3.8) is 0 Å². The lowest BCUT2D eigenvalue weighted by Gasteiger charge is -2.11. The maximum absolute atomic E-state index is 12.7. The Morgan fingerprint density at radius 3 is 2.74 bits per heavy atom. The SMILES string of the molecule is N#C/C(=C/c1cc(Br)ccc1OCc1ccc(Cl)cc1)C(=O)NCCc1c[nH]c2ccccc12. The number of H-pyrrole nitrogens is 1. The summed E-state index contributed by atoms with van der Waals surface area (Å²) in [4.78, 5) is 15.9. The molecule has 0 radical (unpaired) electrons. The van der Waals surface area contributed by atoms with Gasteiger partial charge in [0, 0.05) is 38.7 Å². The van der Waals surface area contributed by atoms with Gasteiger partial charge in [0.05, 0.1) is 0 Å². The average molecular weight is 535 g/mol. The zero-order chi connectivity index (χ0) is 23.9. The summed E-state index contributed by atoms with van der Waals surface area (Å²) >= 11 is 9.39. The number of fused-ring (bicyclic) bond motifs is 1. The smallest absolute Gasteiger partial charge is 0.261 e. The Morgan fingerprint density at radius 2 is 1.94 bits per heavy atom. The summed E-state index contributed by atoms with van der Waals surface area (Å²) in [5, 5.41) is 14.3. The first-order chi connectivity index (χ1) is 16.5. The normalized spacial score (nSPS) is 11.3. The van der Waals surface area contributed by atoms with Crippen molar-refractivity contribution < 1.29 is 9.53 Å². The van der Waals surface area contributed by atoms with E-state index in [0.717, 1.165) is 26.5 Å². The lowest BCUT2D eigenvalue weighted by Crippen LogP contribution is -2.26. The number of halogens is 2. The number of ether oxygens (including phenoxy) is 1. The van der Waals surface area contributed by atoms with E-state index >= 15 is 0 Å². The zero-order valence-corrected chi connectivity index (χ0v) is 20.5. The van der Waals surface area contributed by atoms with Gasteiger partial charge in [-0.1, -0.05) is 57.9 Å². The maximum Gasteiger partial charge on any atom is 0.261 e. The monoisotopic (exact) mass is 533 g/mol. The molecule has 4 aromatic rings. The Balaban J connectivity index is 1.44. The third-order valence-electron chi connectivity index (χ3n) is 5.30. The van der Waals surface area contributed by atoms with Crippen LogP contribution in [0.15, 0.2) is 83.0 Å². The lowest BCUT2D eigenvalue weighted by atomic mass is 10.1. The van der Waals surface area contributed by atoms with Crippen LogP contribution in [0.25, 0.3) is 17.0 Å². The second kappa shape index (κ2) is 11.1. The number of nitrogens with one attached hydrogen (secondary N) is 2. The second-order valence-corrected chi connectivity index (χ2v) is 8.98. The molecule has 0 bridgehead atoms. The molecule has 34 heavy (non-hydrogen) atoms. The van der Waals surface area contributed by atoms with E-state index in [9.17, 15) is 10.1 Å². The molecule has 5 nitrogen and oxygen atoms in total. The second-order valence-electron chi connectivity index (χ2n) is 7.63. The number of hydrogen-bond donors (Lipinski definition) is 2. The van der Waals surface area contributed by atoms with Crippen LogP contribution >= 0.6 is 27.5 Å². The van der Waals surface area contributed by atoms with Crippen molar-refractivity contribution in [1.82, 2.24) is 10.3 Å². The number of nitriles is 1. The van der Waals surface area contributed by atoms with Gasteiger partial charge in [-0.2, -0.15) is 5.26 Å². The van der Waals surface area contributed by atoms with Gasteiger partial charge in [-0.05, 0) is 60.0 Å². The summed E-state index contributed by atoms with van der Waals surface area (Å²) in [5.74, 6) is 0.142. The van der Waals surface area contributed by atoms with Crippen LogP contribution in [-0.4, -0.2) is 17.4 Å². The molecular weight excluding hydrogens is 514 g/mol. The van der Waals surface area contributed by atoms with Gasteiger partial charge >= 0.3 is 0 Å². The largest absolute Gasteiger partial charge is 0.488 e. The molecule has 1 amide bonds. The van der Waals surface area contributed by atoms with Crippen LogP contribution in [0.4, 0.5) is 0 Å². The Hall–Kier alpha value is -3.53. The number of nitrogens with zero attached hydrogens (tertiary/aromatic N) is 1. The van der Waals surface area contributed by atoms with Gasteiger partial charge in [0.15, 0.2) is 0 Å². The van der Waals surface area contributed by atoms with Crippen LogP contribution in [-0.2, 0) is 17.8 Å². The number of amides is 1. The fourth-order valence-corrected chi connectivity index (χ4v) is 4.06. The Morgan fingerprint density at radius 1 is 1.15 bits per heavy atom. The van der Waals surface area contributed by atoms with E-state index < -0.39 is 5.91 Å². The van der Waals surface area contributed by atoms with Crippen LogP contribution < -0.4 is 10.1 Å². The van der Waals surface area contributed by atoms with E-state index in [2.05, 4.69) is 26.2 Å². The molecule has 0 fully saturated rings. The molecule has 0 unspecified atom stereocenters. The minimum Gasteiger partial charge on any atom is -0.488 e. The van der Waals surface area contributed by atoms with E-state index in [4.69, 9.17) is 16.3 Å². The summed E-state index contributed by atoms with van der Waals surface area (Å²) in [6.45, 7) is 0.746. The molecule has 0 spiro atoms. The molecular formula is C27H21BrClN3O2. The third kappa shape index (κ3) is 5.88. The van der Waals surface area contributed by atoms with E-state index in [1.807, 2.05) is 60.8 Å². The maximum atomic E-state index is 12.7. The highest BCUT2D eigenvalue weighted by Gasteiger charge is 2.12. The van der Waals surface area contributed by atoms with Gasteiger partial charge < -0.3 is 15.0 Å². The quantitative estimate of drug-likeness (QED) is 0.202. The van der Waals surface area contributed by atoms with E-state index in [1.165, 1.54) is 0 Å². The number of aromatic nitrogens is 1. The number of rotatable bonds is 8. The van der Waals surface area contributed by atoms with Gasteiger partial charge in [-0.15, -0.1) is 0 Å². The standard InChI is InChI=1S/C27H21BrClN3O2/c28-22-7-10-26(34-17-18-5-8-23(29)9-6-18)20(14-22)13-21(15-30)27(33)31-12-11-19-16-32-25-4-2-1-3-24(19)25/h1-10,13-14,16,32H,11-12,17H2,(H,31,33)/b21-13-. The van der Waals surface area contributed by atoms with E-state index in [1.54, 1.807) is 24.3 Å². The molecule has 170 valence electrons. The van der Waals surface area contributed by atoms with Crippen molar-refractivity contribution in [2.45, 2.75) is 13.0 Å². The molecule has 0 aliphatic carbocycles. The minimum absolute atomic E-state index is 0.00775. The Bertz CT molecular complexity index is 1390. The molecule has 0 aliphatic heterocycles. The minimum atomic E-state index is -0.425. The molecule has 1 aromatic heterocycles. The van der Waals surface area contributed by atoms with Crippen LogP contribution in [0.2, 0.25) is 5.02 Å². The Labute approximate surface area is 211 Å². The van der Waals surface area contributed by atoms with Crippen LogP contribution in [0.1, 0.15) is 16.7 Å². The number of para-hydroxylation sites is 1. The predicted molar refractivity (Wildman–Crippen MR) is 139 cm³/mol. The van der Waals surface area contributed by atoms with Gasteiger partial charge in [-0.3, -0.25) is 4.79 Å². The molecule has 0 atom stereocenters. The van der Waals surface area contributed by atoms with Gasteiger partial charge in [0.2, 0.25) is 0 Å². The average Bonchev–Trinajstić information content (AvgIpc) is 3.26. The van der Waals surface area contributed by atoms with Crippen molar-refractivity contribution in [2.75, 3.05) is 6.54 Å². The molecule has 2 N–H and O–H groups in total. The molecule has 0 saturated heterocycles. The van der Waals surface area contributed by atoms with Crippen molar-refractivity contribution in [1.29, 1.82) is 5.26 Å². The number of carbonyl (C=O) groups excluding carboxylic acids is 1. The number of benzene rings is 3. The molecule has 7 heteroatoms. The van der Waals surface area contributed by atoms with Gasteiger partial charge in [-0.25, -0.2) is 0 Å². The highest BCUT2D eigenvalue weighted by molar-refractivity contribution is 9.10. The molecule has 0 aliphatic rings. The van der Waals surface area contributed by atoms with Gasteiger partial charge in [0.1, 0.15) is 24.0 Å². The fourth-order valence-electron chi connectivity index (χ4n) is 3.55. The van der Waals surface area contributed by atoms with E-state index in [-0.39, 0.29) is 5.57 Å². The lowest BCUT2D eigenvalue weighted by molar-refractivity contribution is -0.117. The van der Waals surface area contributed by atoms with Gasteiger partial charge in [0.25, 0.3) is 5.91 Å². The summed E-state index contributed by atoms with van der Waals surface area (Å²) in [7, 11) is 0. The summed E-state index contributed by atoms with van der Waals surface area (Å²) < 4.78 is 6.78. The summed E-state index contributed by atoms with van der Waals surface area (Å²) in [6.07, 6.45) is 4.15. The van der Waals surface area contributed by atoms with Crippen molar-refractivity contribution in [3.8, 4) is 11.8 Å². The first-order valence-corrected chi connectivity index (χ1v) is 11.8. The van der Waals surface area contributed by atoms with Crippen molar-refractivity contribution in [2.24, 2.45) is 0 Å². The van der Waals surface area contributed by atoms with Crippen LogP contribution in [0, 0.1) is 11.3 Å². The van der Waals surface area contributed by atoms with Crippen molar-refractivity contribution in [3.05, 3.63) is 105 Å². The predicted octanol–water partition coefficient (Wildman–Crippen LogP) is 6.43. The highest BCUT2D eigenvalue weighted by atomic mass is 79.9. The molecule has 4 rings (SSSR count). The summed E-state index contributed by atoms with van der Waals surface area (Å²) in [5.41, 5.74) is 3.77. The highest BCUT2D eigenvalue weighted by Crippen LogP contribution is 2.27. The number of aromatic amines is 1. The molecule has 0 saturated carbocycles. The van der Waals surface area contributed by atoms with E-state index in [0.29, 0.717) is 35.9 Å². The first-order valence-electron chi connectivity index (χ1n) is 10.7.